The molecular weight excluding hydrogens is 330 g/mol. The zero-order valence-corrected chi connectivity index (χ0v) is 14.8. The first kappa shape index (κ1) is 19.4. The maximum Gasteiger partial charge on any atom is 0.306 e. The van der Waals surface area contributed by atoms with Crippen molar-refractivity contribution < 1.29 is 19.1 Å². The number of hydrogen-bond acceptors (Lipinski definition) is 4. The zero-order valence-electron chi connectivity index (χ0n) is 14.8. The number of hydrogen-bond donors (Lipinski definition) is 1. The third-order valence-electron chi connectivity index (χ3n) is 3.89. The van der Waals surface area contributed by atoms with Crippen molar-refractivity contribution in [3.63, 3.8) is 0 Å². The molecule has 26 heavy (non-hydrogen) atoms. The molecule has 0 unspecified atom stereocenters. The van der Waals surface area contributed by atoms with Gasteiger partial charge in [-0.2, -0.15) is 0 Å². The van der Waals surface area contributed by atoms with E-state index in [0.29, 0.717) is 12.0 Å². The van der Waals surface area contributed by atoms with Gasteiger partial charge in [0.05, 0.1) is 19.1 Å². The predicted octanol–water partition coefficient (Wildman–Crippen LogP) is 2.94. The summed E-state index contributed by atoms with van der Waals surface area (Å²) in [6.45, 7) is 2.00. The minimum Gasteiger partial charge on any atom is -0.466 e. The Labute approximate surface area is 153 Å². The van der Waals surface area contributed by atoms with Gasteiger partial charge in [-0.25, -0.2) is 0 Å². The van der Waals surface area contributed by atoms with Gasteiger partial charge in [-0.05, 0) is 31.0 Å². The molecule has 2 aromatic rings. The number of ketones is 1. The minimum absolute atomic E-state index is 0.0131. The second-order valence-electron chi connectivity index (χ2n) is 5.85. The average molecular weight is 353 g/mol. The van der Waals surface area contributed by atoms with Gasteiger partial charge in [0.1, 0.15) is 0 Å². The summed E-state index contributed by atoms with van der Waals surface area (Å²) in [5, 5.41) is 2.80. The first-order chi connectivity index (χ1) is 12.6. The number of rotatable bonds is 9. The minimum atomic E-state index is -0.695. The third-order valence-corrected chi connectivity index (χ3v) is 3.89. The average Bonchev–Trinajstić information content (AvgIpc) is 2.67. The van der Waals surface area contributed by atoms with Crippen molar-refractivity contribution in [1.29, 1.82) is 0 Å². The Morgan fingerprint density at radius 2 is 1.54 bits per heavy atom. The number of carbonyl (C=O) groups excluding carboxylic acids is 3. The van der Waals surface area contributed by atoms with Crippen molar-refractivity contribution >= 4 is 17.7 Å². The van der Waals surface area contributed by atoms with E-state index in [1.54, 1.807) is 31.2 Å². The molecule has 5 nitrogen and oxygen atoms in total. The summed E-state index contributed by atoms with van der Waals surface area (Å²) < 4.78 is 4.86. The van der Waals surface area contributed by atoms with E-state index in [9.17, 15) is 14.4 Å². The summed E-state index contributed by atoms with van der Waals surface area (Å²) in [6.07, 6.45) is 0.422. The quantitative estimate of drug-likeness (QED) is 0.704. The third kappa shape index (κ3) is 6.16. The van der Waals surface area contributed by atoms with Crippen molar-refractivity contribution in [3.05, 3.63) is 71.8 Å². The molecule has 0 aromatic heterocycles. The molecule has 2 rings (SSSR count). The summed E-state index contributed by atoms with van der Waals surface area (Å²) in [5.41, 5.74) is 1.43. The van der Waals surface area contributed by atoms with E-state index >= 15 is 0 Å². The van der Waals surface area contributed by atoms with E-state index in [0.717, 1.165) is 5.56 Å². The Hall–Kier alpha value is -2.95. The predicted molar refractivity (Wildman–Crippen MR) is 98.7 cm³/mol. The molecule has 0 aliphatic carbocycles. The highest BCUT2D eigenvalue weighted by Gasteiger charge is 2.22. The van der Waals surface area contributed by atoms with Gasteiger partial charge < -0.3 is 10.1 Å². The molecule has 2 aromatic carbocycles. The first-order valence-corrected chi connectivity index (χ1v) is 8.68. The largest absolute Gasteiger partial charge is 0.466 e. The van der Waals surface area contributed by atoms with Crippen molar-refractivity contribution in [2.45, 2.75) is 32.2 Å². The topological polar surface area (TPSA) is 72.5 Å². The normalized spacial score (nSPS) is 11.4. The van der Waals surface area contributed by atoms with Gasteiger partial charge in [-0.1, -0.05) is 48.5 Å². The maximum atomic E-state index is 12.6. The standard InChI is InChI=1S/C21H23NO4/c1-2-26-20(24)14-13-19(23)18(15-16-9-5-3-6-10-16)22-21(25)17-11-7-4-8-12-17/h3-12,18H,2,13-15H2,1H3,(H,22,25)/t18-/m0/s1. The number of benzene rings is 2. The van der Waals surface area contributed by atoms with Crippen LogP contribution in [0.4, 0.5) is 0 Å². The molecule has 5 heteroatoms. The van der Waals surface area contributed by atoms with Gasteiger partial charge in [0.2, 0.25) is 0 Å². The van der Waals surface area contributed by atoms with Crippen LogP contribution in [0.5, 0.6) is 0 Å². The van der Waals surface area contributed by atoms with Crippen LogP contribution in [-0.2, 0) is 20.7 Å². The SMILES string of the molecule is CCOC(=O)CCC(=O)[C@H](Cc1ccccc1)NC(=O)c1ccccc1. The molecule has 0 saturated carbocycles. The highest BCUT2D eigenvalue weighted by molar-refractivity contribution is 5.98. The van der Waals surface area contributed by atoms with E-state index in [4.69, 9.17) is 4.74 Å². The van der Waals surface area contributed by atoms with Gasteiger partial charge >= 0.3 is 5.97 Å². The number of ether oxygens (including phenoxy) is 1. The second-order valence-corrected chi connectivity index (χ2v) is 5.85. The number of nitrogens with one attached hydrogen (secondary N) is 1. The van der Waals surface area contributed by atoms with Crippen LogP contribution in [0.3, 0.4) is 0 Å². The molecule has 0 radical (unpaired) electrons. The summed E-state index contributed by atoms with van der Waals surface area (Å²) in [4.78, 5) is 36.5. The molecule has 0 aliphatic rings. The first-order valence-electron chi connectivity index (χ1n) is 8.68. The van der Waals surface area contributed by atoms with Crippen LogP contribution in [0.15, 0.2) is 60.7 Å². The van der Waals surface area contributed by atoms with E-state index in [-0.39, 0.29) is 31.1 Å². The molecule has 0 fully saturated rings. The van der Waals surface area contributed by atoms with Crippen LogP contribution in [-0.4, -0.2) is 30.3 Å². The van der Waals surface area contributed by atoms with Gasteiger partial charge in [0, 0.05) is 12.0 Å². The summed E-state index contributed by atoms with van der Waals surface area (Å²) >= 11 is 0. The highest BCUT2D eigenvalue weighted by Crippen LogP contribution is 2.09. The fourth-order valence-electron chi connectivity index (χ4n) is 2.56. The summed E-state index contributed by atoms with van der Waals surface area (Å²) in [7, 11) is 0. The lowest BCUT2D eigenvalue weighted by molar-refractivity contribution is -0.144. The Bertz CT molecular complexity index is 728. The lowest BCUT2D eigenvalue weighted by Gasteiger charge is -2.18. The maximum absolute atomic E-state index is 12.6. The van der Waals surface area contributed by atoms with E-state index in [1.165, 1.54) is 0 Å². The number of esters is 1. The summed E-state index contributed by atoms with van der Waals surface area (Å²) in [5.74, 6) is -0.907. The van der Waals surface area contributed by atoms with Crippen LogP contribution in [0.1, 0.15) is 35.7 Å². The Balaban J connectivity index is 2.06. The molecule has 0 bridgehead atoms. The fraction of sp³-hybridized carbons (Fsp3) is 0.286. The van der Waals surface area contributed by atoms with E-state index < -0.39 is 12.0 Å². The monoisotopic (exact) mass is 353 g/mol. The van der Waals surface area contributed by atoms with Crippen LogP contribution in [0.25, 0.3) is 0 Å². The van der Waals surface area contributed by atoms with Crippen LogP contribution >= 0.6 is 0 Å². The van der Waals surface area contributed by atoms with Gasteiger partial charge in [-0.3, -0.25) is 14.4 Å². The Morgan fingerprint density at radius 1 is 0.923 bits per heavy atom. The zero-order chi connectivity index (χ0) is 18.8. The number of carbonyl (C=O) groups is 3. The van der Waals surface area contributed by atoms with Crippen molar-refractivity contribution in [3.8, 4) is 0 Å². The molecule has 0 heterocycles. The molecule has 0 spiro atoms. The molecule has 1 atom stereocenters. The van der Waals surface area contributed by atoms with Crippen LogP contribution in [0.2, 0.25) is 0 Å². The van der Waals surface area contributed by atoms with Crippen LogP contribution < -0.4 is 5.32 Å². The highest BCUT2D eigenvalue weighted by atomic mass is 16.5. The van der Waals surface area contributed by atoms with E-state index in [1.807, 2.05) is 36.4 Å². The van der Waals surface area contributed by atoms with Gasteiger partial charge in [-0.15, -0.1) is 0 Å². The fourth-order valence-corrected chi connectivity index (χ4v) is 2.56. The lowest BCUT2D eigenvalue weighted by Crippen LogP contribution is -2.42. The molecule has 1 amide bonds. The second kappa shape index (κ2) is 10.1. The number of Topliss-reactive ketones (excluding diaryl/α,β-unsaturated/α-hetero) is 1. The van der Waals surface area contributed by atoms with E-state index in [2.05, 4.69) is 5.32 Å². The summed E-state index contributed by atoms with van der Waals surface area (Å²) in [6, 6.07) is 17.5. The molecule has 136 valence electrons. The molecule has 1 N–H and O–H groups in total. The Kier molecular flexibility index (Phi) is 7.55. The molecule has 0 saturated heterocycles. The van der Waals surface area contributed by atoms with Crippen molar-refractivity contribution in [1.82, 2.24) is 5.32 Å². The Morgan fingerprint density at radius 3 is 2.15 bits per heavy atom. The lowest BCUT2D eigenvalue weighted by atomic mass is 9.99. The number of amides is 1. The van der Waals surface area contributed by atoms with Crippen molar-refractivity contribution in [2.75, 3.05) is 6.61 Å². The van der Waals surface area contributed by atoms with Crippen LogP contribution in [0, 0.1) is 0 Å². The smallest absolute Gasteiger partial charge is 0.306 e. The molecular formula is C21H23NO4. The van der Waals surface area contributed by atoms with Gasteiger partial charge in [0.25, 0.3) is 5.91 Å². The van der Waals surface area contributed by atoms with Crippen molar-refractivity contribution in [2.24, 2.45) is 0 Å². The van der Waals surface area contributed by atoms with Gasteiger partial charge in [0.15, 0.2) is 5.78 Å². The molecule has 0 aliphatic heterocycles.